The molecule has 1 heterocycles. The molecule has 140 valence electrons. The van der Waals surface area contributed by atoms with Crippen LogP contribution >= 0.6 is 0 Å². The summed E-state index contributed by atoms with van der Waals surface area (Å²) in [5.74, 6) is 0.227. The van der Waals surface area contributed by atoms with Crippen molar-refractivity contribution < 1.29 is 14.6 Å². The first-order valence-electron chi connectivity index (χ1n) is 10.1. The smallest absolute Gasteiger partial charge is 0.313 e. The molecule has 2 fully saturated rings. The maximum absolute atomic E-state index is 11.5. The van der Waals surface area contributed by atoms with E-state index in [-0.39, 0.29) is 18.0 Å². The van der Waals surface area contributed by atoms with Crippen LogP contribution < -0.4 is 0 Å². The summed E-state index contributed by atoms with van der Waals surface area (Å²) in [5.41, 5.74) is 0. The monoisotopic (exact) mass is 346 g/mol. The topological polar surface area (TPSA) is 46.5 Å². The second-order valence-corrected chi connectivity index (χ2v) is 7.30. The number of allylic oxidation sites excluding steroid dienone is 6. The molecule has 0 unspecified atom stereocenters. The predicted molar refractivity (Wildman–Crippen MR) is 102 cm³/mol. The van der Waals surface area contributed by atoms with Crippen LogP contribution in [0, 0.1) is 11.8 Å². The lowest BCUT2D eigenvalue weighted by Gasteiger charge is -2.33. The van der Waals surface area contributed by atoms with Crippen molar-refractivity contribution in [2.24, 2.45) is 11.8 Å². The Kier molecular flexibility index (Phi) is 9.03. The van der Waals surface area contributed by atoms with Crippen molar-refractivity contribution in [3.63, 3.8) is 0 Å². The summed E-state index contributed by atoms with van der Waals surface area (Å²) in [4.78, 5) is 11.5. The summed E-state index contributed by atoms with van der Waals surface area (Å²) in [7, 11) is 0. The van der Waals surface area contributed by atoms with Crippen molar-refractivity contribution in [2.75, 3.05) is 0 Å². The Labute approximate surface area is 152 Å². The van der Waals surface area contributed by atoms with E-state index in [4.69, 9.17) is 4.74 Å². The summed E-state index contributed by atoms with van der Waals surface area (Å²) >= 11 is 0. The Morgan fingerprint density at radius 2 is 1.64 bits per heavy atom. The van der Waals surface area contributed by atoms with Gasteiger partial charge in [-0.2, -0.15) is 0 Å². The molecule has 2 aliphatic rings. The first-order valence-corrected chi connectivity index (χ1v) is 10.1. The van der Waals surface area contributed by atoms with Gasteiger partial charge in [0.2, 0.25) is 0 Å². The van der Waals surface area contributed by atoms with Gasteiger partial charge in [0.15, 0.2) is 0 Å². The zero-order valence-electron chi connectivity index (χ0n) is 15.6. The summed E-state index contributed by atoms with van der Waals surface area (Å²) in [6.45, 7) is 2.15. The maximum Gasteiger partial charge on any atom is 0.313 e. The summed E-state index contributed by atoms with van der Waals surface area (Å²) in [6, 6.07) is 0. The van der Waals surface area contributed by atoms with E-state index in [0.717, 1.165) is 32.1 Å². The van der Waals surface area contributed by atoms with Gasteiger partial charge in [0.05, 0.1) is 12.0 Å². The number of esters is 1. The van der Waals surface area contributed by atoms with Crippen LogP contribution in [0.4, 0.5) is 0 Å². The zero-order valence-corrected chi connectivity index (χ0v) is 15.6. The number of hydrogen-bond acceptors (Lipinski definition) is 3. The van der Waals surface area contributed by atoms with Gasteiger partial charge in [0.1, 0.15) is 6.10 Å². The van der Waals surface area contributed by atoms with E-state index in [0.29, 0.717) is 5.92 Å². The van der Waals surface area contributed by atoms with E-state index in [9.17, 15) is 9.90 Å². The number of aliphatic hydroxyl groups is 1. The average Bonchev–Trinajstić information content (AvgIpc) is 2.84. The van der Waals surface area contributed by atoms with Gasteiger partial charge in [-0.3, -0.25) is 4.79 Å². The molecule has 1 N–H and O–H groups in total. The van der Waals surface area contributed by atoms with Gasteiger partial charge in [-0.1, -0.05) is 49.8 Å². The van der Waals surface area contributed by atoms with E-state index in [1.165, 1.54) is 32.1 Å². The SMILES string of the molecule is CC/C=C/C=C/CCCC/C=C/CCCC[C@H]1C[C@@H](O)[C@@H]2OC(=O)[C@H]12. The minimum absolute atomic E-state index is 0.0166. The molecule has 3 nitrogen and oxygen atoms in total. The number of carbonyl (C=O) groups excluding carboxylic acids is 1. The quantitative estimate of drug-likeness (QED) is 0.231. The molecule has 0 radical (unpaired) electrons. The number of carbonyl (C=O) groups is 1. The van der Waals surface area contributed by atoms with Crippen LogP contribution in [0.2, 0.25) is 0 Å². The van der Waals surface area contributed by atoms with Crippen molar-refractivity contribution in [1.29, 1.82) is 0 Å². The van der Waals surface area contributed by atoms with Gasteiger partial charge in [-0.25, -0.2) is 0 Å². The molecular weight excluding hydrogens is 312 g/mol. The molecule has 1 saturated heterocycles. The summed E-state index contributed by atoms with van der Waals surface area (Å²) < 4.78 is 5.02. The Hall–Kier alpha value is -1.35. The molecule has 25 heavy (non-hydrogen) atoms. The van der Waals surface area contributed by atoms with Crippen molar-refractivity contribution in [2.45, 2.75) is 83.3 Å². The number of ether oxygens (including phenoxy) is 1. The van der Waals surface area contributed by atoms with Gasteiger partial charge < -0.3 is 9.84 Å². The van der Waals surface area contributed by atoms with Crippen LogP contribution in [0.3, 0.4) is 0 Å². The van der Waals surface area contributed by atoms with Crippen molar-refractivity contribution >= 4 is 5.97 Å². The molecule has 0 aromatic rings. The van der Waals surface area contributed by atoms with E-state index < -0.39 is 6.10 Å². The number of aliphatic hydroxyl groups excluding tert-OH is 1. The molecule has 0 spiro atoms. The van der Waals surface area contributed by atoms with Crippen molar-refractivity contribution in [3.8, 4) is 0 Å². The lowest BCUT2D eigenvalue weighted by molar-refractivity contribution is -0.191. The van der Waals surface area contributed by atoms with Gasteiger partial charge in [0.25, 0.3) is 0 Å². The third-order valence-corrected chi connectivity index (χ3v) is 5.28. The Balaban J connectivity index is 1.42. The van der Waals surface area contributed by atoms with Crippen LogP contribution in [0.15, 0.2) is 36.5 Å². The zero-order chi connectivity index (χ0) is 17.9. The normalized spacial score (nSPS) is 28.8. The van der Waals surface area contributed by atoms with E-state index >= 15 is 0 Å². The first-order chi connectivity index (χ1) is 12.2. The van der Waals surface area contributed by atoms with Crippen LogP contribution in [0.25, 0.3) is 0 Å². The van der Waals surface area contributed by atoms with Crippen LogP contribution in [-0.2, 0) is 9.53 Å². The second kappa shape index (κ2) is 11.3. The third-order valence-electron chi connectivity index (χ3n) is 5.28. The number of fused-ring (bicyclic) bond motifs is 1. The molecule has 0 aromatic heterocycles. The Bertz CT molecular complexity index is 478. The lowest BCUT2D eigenvalue weighted by Crippen LogP contribution is -2.48. The molecular formula is C22H34O3. The number of rotatable bonds is 12. The molecule has 1 aliphatic heterocycles. The van der Waals surface area contributed by atoms with Gasteiger partial charge in [0, 0.05) is 0 Å². The standard InChI is InChI=1S/C22H34O3/c1-2-3-4-5-6-7-8-9-10-11-12-13-14-15-16-18-17-19(23)21-20(18)22(24)25-21/h3-6,11-12,18-21,23H,2,7-10,13-17H2,1H3/b4-3+,6-5+,12-11+/t18-,19+,20+,21-/m0/s1. The fourth-order valence-corrected chi connectivity index (χ4v) is 3.83. The fourth-order valence-electron chi connectivity index (χ4n) is 3.83. The third kappa shape index (κ3) is 6.47. The highest BCUT2D eigenvalue weighted by atomic mass is 16.6. The van der Waals surface area contributed by atoms with E-state index in [1.807, 2.05) is 0 Å². The highest BCUT2D eigenvalue weighted by molar-refractivity contribution is 5.79. The first kappa shape index (κ1) is 20.0. The van der Waals surface area contributed by atoms with Gasteiger partial charge in [-0.15, -0.1) is 0 Å². The summed E-state index contributed by atoms with van der Waals surface area (Å²) in [6.07, 6.45) is 23.8. The van der Waals surface area contributed by atoms with Gasteiger partial charge in [-0.05, 0) is 63.7 Å². The second-order valence-electron chi connectivity index (χ2n) is 7.30. The maximum atomic E-state index is 11.5. The summed E-state index contributed by atoms with van der Waals surface area (Å²) in [5, 5.41) is 9.83. The minimum Gasteiger partial charge on any atom is -0.458 e. The molecule has 4 atom stereocenters. The van der Waals surface area contributed by atoms with Crippen molar-refractivity contribution in [3.05, 3.63) is 36.5 Å². The average molecular weight is 347 g/mol. The van der Waals surface area contributed by atoms with Crippen LogP contribution in [0.5, 0.6) is 0 Å². The largest absolute Gasteiger partial charge is 0.458 e. The Morgan fingerprint density at radius 3 is 2.32 bits per heavy atom. The molecule has 1 saturated carbocycles. The van der Waals surface area contributed by atoms with Crippen molar-refractivity contribution in [1.82, 2.24) is 0 Å². The predicted octanol–water partition coefficient (Wildman–Crippen LogP) is 5.11. The minimum atomic E-state index is -0.426. The number of hydrogen-bond donors (Lipinski definition) is 1. The Morgan fingerprint density at radius 1 is 1.00 bits per heavy atom. The molecule has 0 amide bonds. The van der Waals surface area contributed by atoms with Crippen LogP contribution in [-0.4, -0.2) is 23.3 Å². The molecule has 2 rings (SSSR count). The van der Waals surface area contributed by atoms with E-state index in [1.54, 1.807) is 0 Å². The highest BCUT2D eigenvalue weighted by Gasteiger charge is 2.56. The van der Waals surface area contributed by atoms with E-state index in [2.05, 4.69) is 43.4 Å². The lowest BCUT2D eigenvalue weighted by atomic mass is 9.87. The number of unbranched alkanes of at least 4 members (excludes halogenated alkanes) is 5. The highest BCUT2D eigenvalue weighted by Crippen LogP contribution is 2.44. The molecule has 0 bridgehead atoms. The molecule has 3 heteroatoms. The van der Waals surface area contributed by atoms with Crippen LogP contribution in [0.1, 0.15) is 71.1 Å². The fraction of sp³-hybridized carbons (Fsp3) is 0.682. The molecule has 0 aromatic carbocycles. The molecule has 1 aliphatic carbocycles. The van der Waals surface area contributed by atoms with Gasteiger partial charge >= 0.3 is 5.97 Å².